The molecule has 0 saturated heterocycles. The van der Waals surface area contributed by atoms with Crippen molar-refractivity contribution in [2.75, 3.05) is 0 Å². The van der Waals surface area contributed by atoms with Crippen molar-refractivity contribution in [3.8, 4) is 22.3 Å². The third-order valence-corrected chi connectivity index (χ3v) is 5.47. The van der Waals surface area contributed by atoms with Gasteiger partial charge in [0.2, 0.25) is 0 Å². The molecule has 0 fully saturated rings. The molecule has 0 amide bonds. The zero-order valence-electron chi connectivity index (χ0n) is 15.6. The van der Waals surface area contributed by atoms with Gasteiger partial charge in [-0.25, -0.2) is 0 Å². The normalized spacial score (nSPS) is 11.2. The van der Waals surface area contributed by atoms with E-state index in [4.69, 9.17) is 5.73 Å². The smallest absolute Gasteiger partial charge is 0.0184 e. The second kappa shape index (κ2) is 6.95. The summed E-state index contributed by atoms with van der Waals surface area (Å²) < 4.78 is 0. The van der Waals surface area contributed by atoms with Crippen LogP contribution >= 0.6 is 0 Å². The summed E-state index contributed by atoms with van der Waals surface area (Å²) in [5.41, 5.74) is 12.1. The van der Waals surface area contributed by atoms with Crippen molar-refractivity contribution >= 4 is 21.5 Å². The van der Waals surface area contributed by atoms with E-state index in [-0.39, 0.29) is 0 Å². The molecular formula is C27H21N. The van der Waals surface area contributed by atoms with Crippen LogP contribution in [0.3, 0.4) is 0 Å². The highest BCUT2D eigenvalue weighted by molar-refractivity contribution is 5.90. The quantitative estimate of drug-likeness (QED) is 0.377. The first-order valence-electron chi connectivity index (χ1n) is 9.63. The largest absolute Gasteiger partial charge is 0.326 e. The highest BCUT2D eigenvalue weighted by Crippen LogP contribution is 2.32. The molecule has 28 heavy (non-hydrogen) atoms. The number of hydrogen-bond donors (Lipinski definition) is 1. The van der Waals surface area contributed by atoms with E-state index in [2.05, 4.69) is 103 Å². The van der Waals surface area contributed by atoms with Crippen molar-refractivity contribution < 1.29 is 0 Å². The molecule has 0 saturated carbocycles. The van der Waals surface area contributed by atoms with Gasteiger partial charge in [0.25, 0.3) is 0 Å². The molecule has 0 aliphatic rings. The molecule has 0 unspecified atom stereocenters. The molecule has 0 radical (unpaired) electrons. The zero-order chi connectivity index (χ0) is 18.9. The van der Waals surface area contributed by atoms with Gasteiger partial charge in [0.05, 0.1) is 0 Å². The topological polar surface area (TPSA) is 26.0 Å². The molecule has 5 aromatic rings. The lowest BCUT2D eigenvalue weighted by Gasteiger charge is -2.13. The third-order valence-electron chi connectivity index (χ3n) is 5.47. The van der Waals surface area contributed by atoms with E-state index in [1.54, 1.807) is 0 Å². The fourth-order valence-corrected chi connectivity index (χ4v) is 3.93. The van der Waals surface area contributed by atoms with Gasteiger partial charge in [-0.1, -0.05) is 84.9 Å². The van der Waals surface area contributed by atoms with Gasteiger partial charge in [-0.2, -0.15) is 0 Å². The molecule has 0 aliphatic carbocycles. The summed E-state index contributed by atoms with van der Waals surface area (Å²) in [7, 11) is 0. The summed E-state index contributed by atoms with van der Waals surface area (Å²) >= 11 is 0. The first-order chi connectivity index (χ1) is 13.8. The molecule has 134 valence electrons. The number of hydrogen-bond acceptors (Lipinski definition) is 1. The van der Waals surface area contributed by atoms with E-state index in [1.807, 2.05) is 0 Å². The molecular weight excluding hydrogens is 338 g/mol. The maximum Gasteiger partial charge on any atom is 0.0184 e. The Hall–Kier alpha value is -3.42. The summed E-state index contributed by atoms with van der Waals surface area (Å²) in [6.07, 6.45) is 0. The first kappa shape index (κ1) is 16.7. The average Bonchev–Trinajstić information content (AvgIpc) is 2.78. The van der Waals surface area contributed by atoms with Gasteiger partial charge in [0.1, 0.15) is 0 Å². The van der Waals surface area contributed by atoms with Crippen molar-refractivity contribution in [2.45, 2.75) is 6.54 Å². The Morgan fingerprint density at radius 1 is 0.464 bits per heavy atom. The van der Waals surface area contributed by atoms with Crippen molar-refractivity contribution in [3.05, 3.63) is 109 Å². The van der Waals surface area contributed by atoms with Gasteiger partial charge >= 0.3 is 0 Å². The number of nitrogens with two attached hydrogens (primary N) is 1. The Bertz CT molecular complexity index is 1300. The van der Waals surface area contributed by atoms with Crippen molar-refractivity contribution in [2.24, 2.45) is 5.73 Å². The van der Waals surface area contributed by atoms with Gasteiger partial charge in [0, 0.05) is 6.54 Å². The molecule has 0 spiro atoms. The third kappa shape index (κ3) is 2.96. The minimum atomic E-state index is 0.528. The first-order valence-corrected chi connectivity index (χ1v) is 9.63. The van der Waals surface area contributed by atoms with E-state index in [9.17, 15) is 0 Å². The van der Waals surface area contributed by atoms with Gasteiger partial charge < -0.3 is 5.73 Å². The zero-order valence-corrected chi connectivity index (χ0v) is 15.6. The molecule has 1 heteroatoms. The summed E-state index contributed by atoms with van der Waals surface area (Å²) in [6, 6.07) is 36.9. The minimum Gasteiger partial charge on any atom is -0.326 e. The summed E-state index contributed by atoms with van der Waals surface area (Å²) in [5.74, 6) is 0. The molecule has 2 N–H and O–H groups in total. The van der Waals surface area contributed by atoms with Gasteiger partial charge in [0.15, 0.2) is 0 Å². The van der Waals surface area contributed by atoms with E-state index < -0.39 is 0 Å². The van der Waals surface area contributed by atoms with Gasteiger partial charge in [-0.15, -0.1) is 0 Å². The molecule has 5 rings (SSSR count). The Morgan fingerprint density at radius 3 is 1.61 bits per heavy atom. The van der Waals surface area contributed by atoms with Crippen LogP contribution in [0.25, 0.3) is 43.8 Å². The molecule has 0 atom stereocenters. The molecule has 1 nitrogen and oxygen atoms in total. The Morgan fingerprint density at radius 2 is 0.964 bits per heavy atom. The van der Waals surface area contributed by atoms with Crippen LogP contribution in [0, 0.1) is 0 Å². The van der Waals surface area contributed by atoms with Crippen LogP contribution in [0.15, 0.2) is 103 Å². The Balaban J connectivity index is 1.66. The van der Waals surface area contributed by atoms with Gasteiger partial charge in [-0.3, -0.25) is 0 Å². The summed E-state index contributed by atoms with van der Waals surface area (Å²) in [4.78, 5) is 0. The summed E-state index contributed by atoms with van der Waals surface area (Å²) in [5, 5.41) is 5.03. The fraction of sp³-hybridized carbons (Fsp3) is 0.0370. The maximum absolute atomic E-state index is 6.06. The minimum absolute atomic E-state index is 0.528. The molecule has 0 bridgehead atoms. The van der Waals surface area contributed by atoms with Crippen LogP contribution < -0.4 is 5.73 Å². The number of rotatable bonds is 3. The van der Waals surface area contributed by atoms with Crippen molar-refractivity contribution in [1.29, 1.82) is 0 Å². The lowest BCUT2D eigenvalue weighted by atomic mass is 9.92. The van der Waals surface area contributed by atoms with Crippen LogP contribution in [0.2, 0.25) is 0 Å². The molecule has 5 aromatic carbocycles. The lowest BCUT2D eigenvalue weighted by Crippen LogP contribution is -1.99. The van der Waals surface area contributed by atoms with E-state index >= 15 is 0 Å². The van der Waals surface area contributed by atoms with Crippen LogP contribution in [0.1, 0.15) is 5.56 Å². The summed E-state index contributed by atoms with van der Waals surface area (Å²) in [6.45, 7) is 0.528. The highest BCUT2D eigenvalue weighted by atomic mass is 14.5. The molecule has 0 aromatic heterocycles. The fourth-order valence-electron chi connectivity index (χ4n) is 3.93. The van der Waals surface area contributed by atoms with Crippen LogP contribution in [-0.4, -0.2) is 0 Å². The second-order valence-electron chi connectivity index (χ2n) is 7.20. The Kier molecular flexibility index (Phi) is 4.16. The lowest BCUT2D eigenvalue weighted by molar-refractivity contribution is 1.07. The predicted octanol–water partition coefficient (Wildman–Crippen LogP) is 6.79. The monoisotopic (exact) mass is 359 g/mol. The van der Waals surface area contributed by atoms with E-state index in [0.717, 1.165) is 0 Å². The van der Waals surface area contributed by atoms with E-state index in [1.165, 1.54) is 49.4 Å². The van der Waals surface area contributed by atoms with Crippen LogP contribution in [0.5, 0.6) is 0 Å². The molecule has 0 aliphatic heterocycles. The van der Waals surface area contributed by atoms with Crippen molar-refractivity contribution in [1.82, 2.24) is 0 Å². The van der Waals surface area contributed by atoms with Crippen LogP contribution in [-0.2, 0) is 6.54 Å². The SMILES string of the molecule is NCc1ccc(-c2ccc3ccccc3c2)cc1-c1ccc2ccccc2c1. The highest BCUT2D eigenvalue weighted by Gasteiger charge is 2.08. The Labute approximate surface area is 165 Å². The van der Waals surface area contributed by atoms with Crippen LogP contribution in [0.4, 0.5) is 0 Å². The number of benzene rings is 5. The van der Waals surface area contributed by atoms with E-state index in [0.29, 0.717) is 6.54 Å². The standard InChI is InChI=1S/C27H21N/c28-18-26-14-12-24(23-11-9-19-5-1-3-7-21(19)15-23)17-27(26)25-13-10-20-6-2-4-8-22(20)16-25/h1-17H,18,28H2. The van der Waals surface area contributed by atoms with Gasteiger partial charge in [-0.05, 0) is 67.6 Å². The number of fused-ring (bicyclic) bond motifs is 2. The average molecular weight is 359 g/mol. The van der Waals surface area contributed by atoms with Crippen molar-refractivity contribution in [3.63, 3.8) is 0 Å². The predicted molar refractivity (Wildman–Crippen MR) is 120 cm³/mol. The molecule has 0 heterocycles. The second-order valence-corrected chi connectivity index (χ2v) is 7.20. The maximum atomic E-state index is 6.06.